The van der Waals surface area contributed by atoms with Crippen LogP contribution in [0, 0.1) is 11.7 Å². The number of hydrogen-bond acceptors (Lipinski definition) is 2. The minimum absolute atomic E-state index is 0.147. The molecule has 1 aliphatic carbocycles. The number of hydrogen-bond donors (Lipinski definition) is 0. The third-order valence-electron chi connectivity index (χ3n) is 2.46. The van der Waals surface area contributed by atoms with Crippen LogP contribution in [0.25, 0.3) is 0 Å². The molecule has 15 heavy (non-hydrogen) atoms. The summed E-state index contributed by atoms with van der Waals surface area (Å²) in [6.07, 6.45) is 2.38. The van der Waals surface area contributed by atoms with Crippen molar-refractivity contribution in [2.45, 2.75) is 19.8 Å². The van der Waals surface area contributed by atoms with Gasteiger partial charge in [-0.05, 0) is 37.8 Å². The van der Waals surface area contributed by atoms with Crippen molar-refractivity contribution in [2.24, 2.45) is 5.92 Å². The van der Waals surface area contributed by atoms with Crippen molar-refractivity contribution < 1.29 is 13.9 Å². The molecule has 0 atom stereocenters. The van der Waals surface area contributed by atoms with Crippen molar-refractivity contribution >= 4 is 5.78 Å². The summed E-state index contributed by atoms with van der Waals surface area (Å²) in [7, 11) is 0. The number of ether oxygens (including phenoxy) is 1. The van der Waals surface area contributed by atoms with Crippen molar-refractivity contribution in [3.63, 3.8) is 0 Å². The van der Waals surface area contributed by atoms with Crippen LogP contribution in [0.2, 0.25) is 0 Å². The molecule has 0 amide bonds. The van der Waals surface area contributed by atoms with Gasteiger partial charge in [0.1, 0.15) is 11.6 Å². The highest BCUT2D eigenvalue weighted by Crippen LogP contribution is 2.29. The van der Waals surface area contributed by atoms with E-state index in [1.807, 2.05) is 0 Å². The van der Waals surface area contributed by atoms with Gasteiger partial charge in [0.05, 0.1) is 6.61 Å². The van der Waals surface area contributed by atoms with Gasteiger partial charge in [0.15, 0.2) is 5.78 Å². The molecule has 0 N–H and O–H groups in total. The molecule has 1 aliphatic rings. The van der Waals surface area contributed by atoms with E-state index >= 15 is 0 Å². The van der Waals surface area contributed by atoms with Crippen LogP contribution < -0.4 is 4.74 Å². The first-order chi connectivity index (χ1) is 7.15. The van der Waals surface area contributed by atoms with E-state index in [-0.39, 0.29) is 5.78 Å². The fraction of sp³-hybridized carbons (Fsp3) is 0.417. The number of halogens is 1. The molecule has 0 radical (unpaired) electrons. The first-order valence-electron chi connectivity index (χ1n) is 5.09. The summed E-state index contributed by atoms with van der Waals surface area (Å²) in [5.41, 5.74) is 0.362. The quantitative estimate of drug-likeness (QED) is 0.711. The minimum Gasteiger partial charge on any atom is -0.493 e. The minimum atomic E-state index is -0.423. The lowest BCUT2D eigenvalue weighted by molar-refractivity contribution is 0.101. The fourth-order valence-corrected chi connectivity index (χ4v) is 1.35. The van der Waals surface area contributed by atoms with E-state index in [1.54, 1.807) is 6.07 Å². The second-order valence-electron chi connectivity index (χ2n) is 3.99. The molecule has 1 fully saturated rings. The zero-order valence-corrected chi connectivity index (χ0v) is 8.63. The molecule has 0 heterocycles. The van der Waals surface area contributed by atoms with Gasteiger partial charge in [0.2, 0.25) is 0 Å². The van der Waals surface area contributed by atoms with Gasteiger partial charge in [-0.3, -0.25) is 4.79 Å². The Labute approximate surface area is 88.1 Å². The Morgan fingerprint density at radius 2 is 2.20 bits per heavy atom. The monoisotopic (exact) mass is 208 g/mol. The third kappa shape index (κ3) is 2.78. The van der Waals surface area contributed by atoms with E-state index in [9.17, 15) is 9.18 Å². The average molecular weight is 208 g/mol. The molecule has 80 valence electrons. The molecule has 0 spiro atoms. The summed E-state index contributed by atoms with van der Waals surface area (Å²) in [6, 6.07) is 4.13. The highest BCUT2D eigenvalue weighted by Gasteiger charge is 2.22. The summed E-state index contributed by atoms with van der Waals surface area (Å²) < 4.78 is 18.5. The largest absolute Gasteiger partial charge is 0.493 e. The molecular weight excluding hydrogens is 195 g/mol. The molecular formula is C12H13FO2. The van der Waals surface area contributed by atoms with Gasteiger partial charge < -0.3 is 4.74 Å². The van der Waals surface area contributed by atoms with Crippen molar-refractivity contribution in [1.82, 2.24) is 0 Å². The second kappa shape index (κ2) is 4.01. The van der Waals surface area contributed by atoms with Crippen LogP contribution in [-0.4, -0.2) is 12.4 Å². The Morgan fingerprint density at radius 1 is 1.47 bits per heavy atom. The van der Waals surface area contributed by atoms with Crippen LogP contribution in [0.4, 0.5) is 4.39 Å². The van der Waals surface area contributed by atoms with Crippen molar-refractivity contribution in [1.29, 1.82) is 0 Å². The first-order valence-corrected chi connectivity index (χ1v) is 5.09. The molecule has 0 aromatic heterocycles. The van der Waals surface area contributed by atoms with Crippen LogP contribution in [0.15, 0.2) is 18.2 Å². The number of benzene rings is 1. The van der Waals surface area contributed by atoms with E-state index in [0.29, 0.717) is 23.8 Å². The molecule has 2 rings (SSSR count). The Kier molecular flexibility index (Phi) is 2.71. The second-order valence-corrected chi connectivity index (χ2v) is 3.99. The first kappa shape index (κ1) is 10.1. The van der Waals surface area contributed by atoms with Gasteiger partial charge in [-0.25, -0.2) is 4.39 Å². The zero-order chi connectivity index (χ0) is 10.8. The molecule has 2 nitrogen and oxygen atoms in total. The number of carbonyl (C=O) groups excluding carboxylic acids is 1. The van der Waals surface area contributed by atoms with Gasteiger partial charge in [-0.15, -0.1) is 0 Å². The van der Waals surface area contributed by atoms with Crippen LogP contribution in [0.1, 0.15) is 30.1 Å². The summed E-state index contributed by atoms with van der Waals surface area (Å²) in [6.45, 7) is 2.04. The Morgan fingerprint density at radius 3 is 2.80 bits per heavy atom. The van der Waals surface area contributed by atoms with Crippen LogP contribution in [0.3, 0.4) is 0 Å². The average Bonchev–Trinajstić information content (AvgIpc) is 2.97. The lowest BCUT2D eigenvalue weighted by Gasteiger charge is -2.06. The topological polar surface area (TPSA) is 26.3 Å². The van der Waals surface area contributed by atoms with Crippen molar-refractivity contribution in [3.05, 3.63) is 29.6 Å². The molecule has 0 aliphatic heterocycles. The highest BCUT2D eigenvalue weighted by atomic mass is 19.1. The van der Waals surface area contributed by atoms with E-state index in [0.717, 1.165) is 0 Å². The maximum atomic E-state index is 13.1. The number of ketones is 1. The van der Waals surface area contributed by atoms with Crippen molar-refractivity contribution in [3.8, 4) is 5.75 Å². The third-order valence-corrected chi connectivity index (χ3v) is 2.46. The van der Waals surface area contributed by atoms with Crippen LogP contribution >= 0.6 is 0 Å². The summed E-state index contributed by atoms with van der Waals surface area (Å²) in [5, 5.41) is 0. The molecule has 3 heteroatoms. The Bertz CT molecular complexity index is 383. The molecule has 0 bridgehead atoms. The van der Waals surface area contributed by atoms with E-state index in [1.165, 1.54) is 31.9 Å². The highest BCUT2D eigenvalue weighted by molar-refractivity contribution is 5.94. The van der Waals surface area contributed by atoms with Gasteiger partial charge in [0, 0.05) is 11.6 Å². The van der Waals surface area contributed by atoms with Gasteiger partial charge in [0.25, 0.3) is 0 Å². The number of carbonyl (C=O) groups is 1. The van der Waals surface area contributed by atoms with Gasteiger partial charge in [-0.2, -0.15) is 0 Å². The summed E-state index contributed by atoms with van der Waals surface area (Å²) >= 11 is 0. The summed E-state index contributed by atoms with van der Waals surface area (Å²) in [5.74, 6) is 0.500. The fourth-order valence-electron chi connectivity index (χ4n) is 1.35. The molecule has 1 aromatic rings. The number of Topliss-reactive ketones (excluding diaryl/α,β-unsaturated/α-hetero) is 1. The lowest BCUT2D eigenvalue weighted by atomic mass is 10.1. The summed E-state index contributed by atoms with van der Waals surface area (Å²) in [4.78, 5) is 11.1. The Hall–Kier alpha value is -1.38. The van der Waals surface area contributed by atoms with Crippen LogP contribution in [0.5, 0.6) is 5.75 Å². The molecule has 0 unspecified atom stereocenters. The predicted molar refractivity (Wildman–Crippen MR) is 54.6 cm³/mol. The maximum Gasteiger partial charge on any atom is 0.160 e. The van der Waals surface area contributed by atoms with E-state index < -0.39 is 5.82 Å². The Balaban J connectivity index is 2.10. The van der Waals surface area contributed by atoms with Gasteiger partial charge in [-0.1, -0.05) is 0 Å². The maximum absolute atomic E-state index is 13.1. The zero-order valence-electron chi connectivity index (χ0n) is 8.63. The molecule has 1 saturated carbocycles. The van der Waals surface area contributed by atoms with Crippen LogP contribution in [-0.2, 0) is 0 Å². The van der Waals surface area contributed by atoms with E-state index in [2.05, 4.69) is 0 Å². The predicted octanol–water partition coefficient (Wildman–Crippen LogP) is 2.82. The number of rotatable bonds is 4. The van der Waals surface area contributed by atoms with E-state index in [4.69, 9.17) is 4.74 Å². The molecule has 0 saturated heterocycles. The SMILES string of the molecule is CC(=O)c1cc(F)cc(OCC2CC2)c1. The van der Waals surface area contributed by atoms with Crippen molar-refractivity contribution in [2.75, 3.05) is 6.61 Å². The lowest BCUT2D eigenvalue weighted by Crippen LogP contribution is -2.01. The molecule has 1 aromatic carbocycles. The standard InChI is InChI=1S/C12H13FO2/c1-8(14)10-4-11(13)6-12(5-10)15-7-9-2-3-9/h4-6,9H,2-3,7H2,1H3. The normalized spacial score (nSPS) is 15.1. The van der Waals surface area contributed by atoms with Gasteiger partial charge >= 0.3 is 0 Å². The smallest absolute Gasteiger partial charge is 0.160 e.